The molecular formula is C30H44N2O3. The number of methoxy groups -OCH3 is 1. The number of pyridine rings is 1. The molecule has 5 nitrogen and oxygen atoms in total. The molecule has 1 aromatic rings. The third-order valence-electron chi connectivity index (χ3n) is 12.3. The van der Waals surface area contributed by atoms with Crippen LogP contribution in [0.4, 0.5) is 0 Å². The summed E-state index contributed by atoms with van der Waals surface area (Å²) in [4.78, 5) is 16.1. The summed E-state index contributed by atoms with van der Waals surface area (Å²) in [5, 5.41) is 2.64. The van der Waals surface area contributed by atoms with Gasteiger partial charge in [-0.3, -0.25) is 4.79 Å². The fourth-order valence-corrected chi connectivity index (χ4v) is 10.6. The van der Waals surface area contributed by atoms with Crippen molar-refractivity contribution in [1.29, 1.82) is 0 Å². The van der Waals surface area contributed by atoms with Crippen molar-refractivity contribution in [1.82, 2.24) is 10.3 Å². The van der Waals surface area contributed by atoms with Crippen molar-refractivity contribution in [2.45, 2.75) is 78.2 Å². The number of nitrogens with zero attached hydrogens (tertiary/aromatic N) is 1. The Morgan fingerprint density at radius 2 is 2.00 bits per heavy atom. The van der Waals surface area contributed by atoms with Crippen molar-refractivity contribution >= 4 is 5.91 Å². The molecule has 1 spiro atoms. The van der Waals surface area contributed by atoms with Gasteiger partial charge < -0.3 is 14.8 Å². The monoisotopic (exact) mass is 480 g/mol. The van der Waals surface area contributed by atoms with Crippen LogP contribution >= 0.6 is 0 Å². The van der Waals surface area contributed by atoms with Gasteiger partial charge in [0.25, 0.3) is 5.91 Å². The summed E-state index contributed by atoms with van der Waals surface area (Å²) in [5.74, 6) is 5.17. The molecule has 35 heavy (non-hydrogen) atoms. The van der Waals surface area contributed by atoms with Crippen molar-refractivity contribution < 1.29 is 14.3 Å². The summed E-state index contributed by atoms with van der Waals surface area (Å²) in [6.07, 6.45) is 13.2. The number of hydrogen-bond donors (Lipinski definition) is 1. The number of nitrogens with one attached hydrogen (secondary N) is 1. The Bertz CT molecular complexity index is 980. The predicted molar refractivity (Wildman–Crippen MR) is 136 cm³/mol. The molecule has 1 heterocycles. The number of amides is 1. The summed E-state index contributed by atoms with van der Waals surface area (Å²) in [7, 11) is 3.62. The summed E-state index contributed by atoms with van der Waals surface area (Å²) < 4.78 is 12.4. The second-order valence-corrected chi connectivity index (χ2v) is 13.2. The molecule has 5 aliphatic carbocycles. The van der Waals surface area contributed by atoms with Crippen LogP contribution in [0.1, 0.15) is 82.5 Å². The minimum Gasteiger partial charge on any atom is -0.477 e. The summed E-state index contributed by atoms with van der Waals surface area (Å²) >= 11 is 0. The van der Waals surface area contributed by atoms with Crippen LogP contribution in [0.2, 0.25) is 0 Å². The number of hydrogen-bond acceptors (Lipinski definition) is 4. The van der Waals surface area contributed by atoms with Gasteiger partial charge in [-0.15, -0.1) is 0 Å². The molecule has 1 amide bonds. The van der Waals surface area contributed by atoms with Gasteiger partial charge in [-0.1, -0.05) is 20.8 Å². The van der Waals surface area contributed by atoms with E-state index in [1.54, 1.807) is 19.3 Å². The minimum atomic E-state index is -0.119. The number of rotatable bonds is 6. The SMILES string of the molecule is CNC(=O)c1ccc(OC[C@@H](C)[C@H]2CC[C@H]3[C@@H]4CC(OC)[C@]56C[C@H]5CC[C@]6(C)[C@H]4CC[C@]23C)nc1. The maximum absolute atomic E-state index is 11.8. The molecule has 1 aromatic heterocycles. The Morgan fingerprint density at radius 3 is 2.69 bits per heavy atom. The number of aromatic nitrogens is 1. The first-order valence-corrected chi connectivity index (χ1v) is 14.1. The Hall–Kier alpha value is -1.62. The standard InChI is InChI=1S/C30H44N2O3/c1-18(17-35-26-9-6-19(16-32-26)27(33)31-4)22-7-8-23-21-14-25(34-5)30-15-20(30)10-13-29(30,3)24(21)11-12-28(22,23)2/h6,9,16,18,20-25H,7-8,10-15,17H2,1-5H3,(H,31,33)/t18-,20-,21+,22-,23+,24+,25?,28-,29-,30+/m1/s1. The largest absolute Gasteiger partial charge is 0.477 e. The number of fused-ring (bicyclic) bond motifs is 4. The fraction of sp³-hybridized carbons (Fsp3) is 0.800. The van der Waals surface area contributed by atoms with Crippen molar-refractivity contribution in [3.05, 3.63) is 23.9 Å². The topological polar surface area (TPSA) is 60.5 Å². The minimum absolute atomic E-state index is 0.119. The van der Waals surface area contributed by atoms with Crippen LogP contribution in [0.5, 0.6) is 5.88 Å². The van der Waals surface area contributed by atoms with E-state index in [-0.39, 0.29) is 5.91 Å². The highest BCUT2D eigenvalue weighted by Crippen LogP contribution is 2.82. The molecule has 1 N–H and O–H groups in total. The Labute approximate surface area is 211 Å². The van der Waals surface area contributed by atoms with Crippen LogP contribution in [0.15, 0.2) is 18.3 Å². The highest BCUT2D eigenvalue weighted by molar-refractivity contribution is 5.93. The highest BCUT2D eigenvalue weighted by atomic mass is 16.5. The highest BCUT2D eigenvalue weighted by Gasteiger charge is 2.77. The van der Waals surface area contributed by atoms with Gasteiger partial charge in [-0.05, 0) is 104 Å². The quantitative estimate of drug-likeness (QED) is 0.564. The van der Waals surface area contributed by atoms with Gasteiger partial charge in [0.2, 0.25) is 5.88 Å². The van der Waals surface area contributed by atoms with Gasteiger partial charge >= 0.3 is 0 Å². The predicted octanol–water partition coefficient (Wildman–Crippen LogP) is 5.74. The molecule has 5 saturated carbocycles. The molecule has 0 aliphatic heterocycles. The molecule has 192 valence electrons. The molecule has 0 bridgehead atoms. The maximum atomic E-state index is 11.8. The number of ether oxygens (including phenoxy) is 2. The lowest BCUT2D eigenvalue weighted by Crippen LogP contribution is -2.57. The van der Waals surface area contributed by atoms with Gasteiger partial charge in [0.15, 0.2) is 0 Å². The van der Waals surface area contributed by atoms with E-state index >= 15 is 0 Å². The molecule has 0 aromatic carbocycles. The van der Waals surface area contributed by atoms with Gasteiger partial charge in [-0.25, -0.2) is 4.98 Å². The van der Waals surface area contributed by atoms with Gasteiger partial charge in [0.05, 0.1) is 18.3 Å². The average molecular weight is 481 g/mol. The fourth-order valence-electron chi connectivity index (χ4n) is 10.6. The van der Waals surface area contributed by atoms with Gasteiger partial charge in [0.1, 0.15) is 0 Å². The molecule has 0 radical (unpaired) electrons. The Morgan fingerprint density at radius 1 is 1.17 bits per heavy atom. The Balaban J connectivity index is 1.15. The normalized spacial score (nSPS) is 46.1. The molecule has 10 atom stereocenters. The lowest BCUT2D eigenvalue weighted by atomic mass is 9.45. The van der Waals surface area contributed by atoms with E-state index in [1.165, 1.54) is 51.4 Å². The Kier molecular flexibility index (Phi) is 5.56. The molecule has 6 rings (SSSR count). The van der Waals surface area contributed by atoms with Gasteiger partial charge in [-0.2, -0.15) is 0 Å². The summed E-state index contributed by atoms with van der Waals surface area (Å²) in [6, 6.07) is 3.61. The first kappa shape index (κ1) is 23.8. The lowest BCUT2D eigenvalue weighted by molar-refractivity contribution is -0.161. The smallest absolute Gasteiger partial charge is 0.252 e. The zero-order valence-electron chi connectivity index (χ0n) is 22.3. The third kappa shape index (κ3) is 3.22. The molecule has 5 fully saturated rings. The van der Waals surface area contributed by atoms with E-state index < -0.39 is 0 Å². The first-order chi connectivity index (χ1) is 16.8. The molecular weight excluding hydrogens is 436 g/mol. The molecule has 0 saturated heterocycles. The van der Waals surface area contributed by atoms with E-state index in [2.05, 4.69) is 31.1 Å². The van der Waals surface area contributed by atoms with Crippen LogP contribution in [-0.4, -0.2) is 37.8 Å². The molecule has 5 aliphatic rings. The average Bonchev–Trinajstić information content (AvgIpc) is 3.38. The third-order valence-corrected chi connectivity index (χ3v) is 12.3. The molecule has 5 heteroatoms. The molecule has 1 unspecified atom stereocenters. The maximum Gasteiger partial charge on any atom is 0.252 e. The zero-order chi connectivity index (χ0) is 24.6. The second kappa shape index (κ2) is 8.19. The van der Waals surface area contributed by atoms with Crippen LogP contribution in [0, 0.1) is 51.8 Å². The van der Waals surface area contributed by atoms with Crippen molar-refractivity contribution in [2.24, 2.45) is 51.8 Å². The van der Waals surface area contributed by atoms with Crippen LogP contribution < -0.4 is 10.1 Å². The van der Waals surface area contributed by atoms with Crippen molar-refractivity contribution in [3.63, 3.8) is 0 Å². The first-order valence-electron chi connectivity index (χ1n) is 14.1. The zero-order valence-corrected chi connectivity index (χ0v) is 22.3. The van der Waals surface area contributed by atoms with Crippen LogP contribution in [0.3, 0.4) is 0 Å². The summed E-state index contributed by atoms with van der Waals surface area (Å²) in [5.41, 5.74) is 1.98. The van der Waals surface area contributed by atoms with E-state index in [0.717, 1.165) is 23.7 Å². The van der Waals surface area contributed by atoms with E-state index in [4.69, 9.17) is 9.47 Å². The van der Waals surface area contributed by atoms with Crippen LogP contribution in [0.25, 0.3) is 0 Å². The van der Waals surface area contributed by atoms with Crippen molar-refractivity contribution in [3.8, 4) is 5.88 Å². The van der Waals surface area contributed by atoms with Crippen LogP contribution in [-0.2, 0) is 4.74 Å². The lowest BCUT2D eigenvalue weighted by Gasteiger charge is -2.61. The number of carbonyl (C=O) groups excluding carboxylic acids is 1. The number of carbonyl (C=O) groups is 1. The second-order valence-electron chi connectivity index (χ2n) is 13.2. The van der Waals surface area contributed by atoms with E-state index in [9.17, 15) is 4.79 Å². The van der Waals surface area contributed by atoms with Gasteiger partial charge in [0, 0.05) is 31.8 Å². The van der Waals surface area contributed by atoms with Crippen molar-refractivity contribution in [2.75, 3.05) is 20.8 Å². The van der Waals surface area contributed by atoms with E-state index in [1.807, 2.05) is 13.2 Å². The summed E-state index contributed by atoms with van der Waals surface area (Å²) in [6.45, 7) is 8.35. The van der Waals surface area contributed by atoms with E-state index in [0.29, 0.717) is 52.2 Å².